The van der Waals surface area contributed by atoms with Crippen LogP contribution in [0.15, 0.2) is 24.3 Å². The molecule has 96 valence electrons. The minimum Gasteiger partial charge on any atom is -0.491 e. The molecular formula is C14H24N2O. The van der Waals surface area contributed by atoms with Gasteiger partial charge in [-0.2, -0.15) is 0 Å². The molecule has 0 bridgehead atoms. The molecule has 0 amide bonds. The maximum atomic E-state index is 6.21. The maximum absolute atomic E-state index is 6.21. The molecule has 0 saturated carbocycles. The summed E-state index contributed by atoms with van der Waals surface area (Å²) in [6, 6.07) is 8.08. The van der Waals surface area contributed by atoms with Crippen molar-refractivity contribution in [3.05, 3.63) is 29.8 Å². The largest absolute Gasteiger partial charge is 0.491 e. The van der Waals surface area contributed by atoms with Gasteiger partial charge in [-0.15, -0.1) is 0 Å². The quantitative estimate of drug-likeness (QED) is 0.824. The smallest absolute Gasteiger partial charge is 0.124 e. The van der Waals surface area contributed by atoms with Crippen LogP contribution in [0.1, 0.15) is 31.9 Å². The van der Waals surface area contributed by atoms with Crippen LogP contribution in [0.3, 0.4) is 0 Å². The summed E-state index contributed by atoms with van der Waals surface area (Å²) in [4.78, 5) is 2.14. The highest BCUT2D eigenvalue weighted by Crippen LogP contribution is 2.26. The molecule has 1 aromatic rings. The van der Waals surface area contributed by atoms with Crippen molar-refractivity contribution in [2.45, 2.75) is 32.4 Å². The normalized spacial score (nSPS) is 13.1. The average molecular weight is 236 g/mol. The van der Waals surface area contributed by atoms with Crippen LogP contribution < -0.4 is 10.5 Å². The molecule has 0 aliphatic heterocycles. The molecule has 0 saturated heterocycles. The molecule has 0 fully saturated rings. The Morgan fingerprint density at radius 3 is 2.47 bits per heavy atom. The highest BCUT2D eigenvalue weighted by Gasteiger charge is 2.12. The van der Waals surface area contributed by atoms with E-state index in [0.29, 0.717) is 0 Å². The van der Waals surface area contributed by atoms with Crippen LogP contribution in [-0.4, -0.2) is 31.6 Å². The van der Waals surface area contributed by atoms with Crippen molar-refractivity contribution in [2.75, 3.05) is 20.6 Å². The number of benzene rings is 1. The molecule has 0 heterocycles. The van der Waals surface area contributed by atoms with Gasteiger partial charge in [-0.25, -0.2) is 0 Å². The molecule has 3 nitrogen and oxygen atoms in total. The number of hydrogen-bond acceptors (Lipinski definition) is 3. The maximum Gasteiger partial charge on any atom is 0.124 e. The summed E-state index contributed by atoms with van der Waals surface area (Å²) < 4.78 is 5.78. The molecule has 17 heavy (non-hydrogen) atoms. The van der Waals surface area contributed by atoms with Crippen LogP contribution in [-0.2, 0) is 0 Å². The SMILES string of the molecule is CC(C)Oc1ccccc1C(N)CCN(C)C. The fourth-order valence-electron chi connectivity index (χ4n) is 1.70. The van der Waals surface area contributed by atoms with E-state index in [9.17, 15) is 0 Å². The van der Waals surface area contributed by atoms with Gasteiger partial charge in [0.25, 0.3) is 0 Å². The number of nitrogens with zero attached hydrogens (tertiary/aromatic N) is 1. The van der Waals surface area contributed by atoms with Gasteiger partial charge in [0.05, 0.1) is 6.10 Å². The molecular weight excluding hydrogens is 212 g/mol. The second-order valence-electron chi connectivity index (χ2n) is 4.90. The zero-order chi connectivity index (χ0) is 12.8. The monoisotopic (exact) mass is 236 g/mol. The van der Waals surface area contributed by atoms with Crippen molar-refractivity contribution in [3.63, 3.8) is 0 Å². The molecule has 1 aromatic carbocycles. The first kappa shape index (κ1) is 14.0. The molecule has 0 aliphatic rings. The van der Waals surface area contributed by atoms with Crippen LogP contribution in [0.5, 0.6) is 5.75 Å². The lowest BCUT2D eigenvalue weighted by Crippen LogP contribution is -2.21. The molecule has 0 spiro atoms. The van der Waals surface area contributed by atoms with E-state index in [1.807, 2.05) is 32.0 Å². The first-order valence-corrected chi connectivity index (χ1v) is 6.16. The molecule has 1 atom stereocenters. The van der Waals surface area contributed by atoms with E-state index in [1.165, 1.54) is 0 Å². The van der Waals surface area contributed by atoms with Crippen molar-refractivity contribution >= 4 is 0 Å². The third kappa shape index (κ3) is 4.75. The fraction of sp³-hybridized carbons (Fsp3) is 0.571. The first-order chi connectivity index (χ1) is 8.00. The van der Waals surface area contributed by atoms with Gasteiger partial charge in [-0.3, -0.25) is 0 Å². The van der Waals surface area contributed by atoms with Gasteiger partial charge >= 0.3 is 0 Å². The fourth-order valence-corrected chi connectivity index (χ4v) is 1.70. The van der Waals surface area contributed by atoms with E-state index in [2.05, 4.69) is 25.1 Å². The summed E-state index contributed by atoms with van der Waals surface area (Å²) in [6.07, 6.45) is 1.11. The van der Waals surface area contributed by atoms with Gasteiger partial charge in [0.2, 0.25) is 0 Å². The lowest BCUT2D eigenvalue weighted by molar-refractivity contribution is 0.238. The van der Waals surface area contributed by atoms with E-state index < -0.39 is 0 Å². The summed E-state index contributed by atoms with van der Waals surface area (Å²) >= 11 is 0. The van der Waals surface area contributed by atoms with E-state index in [4.69, 9.17) is 10.5 Å². The van der Waals surface area contributed by atoms with Gasteiger partial charge in [0.15, 0.2) is 0 Å². The number of hydrogen-bond donors (Lipinski definition) is 1. The topological polar surface area (TPSA) is 38.5 Å². The Morgan fingerprint density at radius 1 is 1.24 bits per heavy atom. The summed E-state index contributed by atoms with van der Waals surface area (Å²) in [5.41, 5.74) is 7.31. The number of ether oxygens (including phenoxy) is 1. The van der Waals surface area contributed by atoms with Crippen LogP contribution in [0, 0.1) is 0 Å². The zero-order valence-corrected chi connectivity index (χ0v) is 11.3. The second-order valence-corrected chi connectivity index (χ2v) is 4.90. The third-order valence-electron chi connectivity index (χ3n) is 2.57. The predicted molar refractivity (Wildman–Crippen MR) is 72.3 cm³/mol. The highest BCUT2D eigenvalue weighted by molar-refractivity contribution is 5.35. The van der Waals surface area contributed by atoms with Crippen LogP contribution in [0.2, 0.25) is 0 Å². The summed E-state index contributed by atoms with van der Waals surface area (Å²) in [5, 5.41) is 0. The predicted octanol–water partition coefficient (Wildman–Crippen LogP) is 2.43. The van der Waals surface area contributed by atoms with Crippen molar-refractivity contribution in [2.24, 2.45) is 5.73 Å². The van der Waals surface area contributed by atoms with E-state index in [1.54, 1.807) is 0 Å². The van der Waals surface area contributed by atoms with Gasteiger partial charge in [0.1, 0.15) is 5.75 Å². The lowest BCUT2D eigenvalue weighted by atomic mass is 10.0. The molecule has 2 N–H and O–H groups in total. The van der Waals surface area contributed by atoms with Crippen LogP contribution >= 0.6 is 0 Å². The number of nitrogens with two attached hydrogens (primary N) is 1. The lowest BCUT2D eigenvalue weighted by Gasteiger charge is -2.20. The number of para-hydroxylation sites is 1. The van der Waals surface area contributed by atoms with Crippen molar-refractivity contribution in [1.29, 1.82) is 0 Å². The molecule has 0 aromatic heterocycles. The van der Waals surface area contributed by atoms with Gasteiger partial charge in [-0.1, -0.05) is 18.2 Å². The minimum atomic E-state index is 0.0346. The summed E-state index contributed by atoms with van der Waals surface area (Å²) in [6.45, 7) is 5.04. The molecule has 3 heteroatoms. The zero-order valence-electron chi connectivity index (χ0n) is 11.3. The van der Waals surface area contributed by atoms with Crippen LogP contribution in [0.25, 0.3) is 0 Å². The Labute approximate surface area is 105 Å². The highest BCUT2D eigenvalue weighted by atomic mass is 16.5. The van der Waals surface area contributed by atoms with Gasteiger partial charge < -0.3 is 15.4 Å². The Morgan fingerprint density at radius 2 is 1.88 bits per heavy atom. The van der Waals surface area contributed by atoms with Crippen molar-refractivity contribution < 1.29 is 4.74 Å². The Hall–Kier alpha value is -1.06. The standard InChI is InChI=1S/C14H24N2O/c1-11(2)17-14-8-6-5-7-12(14)13(15)9-10-16(3)4/h5-8,11,13H,9-10,15H2,1-4H3. The molecule has 0 aliphatic carbocycles. The first-order valence-electron chi connectivity index (χ1n) is 6.16. The van der Waals surface area contributed by atoms with E-state index in [0.717, 1.165) is 24.3 Å². The third-order valence-corrected chi connectivity index (χ3v) is 2.57. The Bertz CT molecular complexity index is 337. The average Bonchev–Trinajstić information content (AvgIpc) is 2.25. The summed E-state index contributed by atoms with van der Waals surface area (Å²) in [7, 11) is 4.12. The summed E-state index contributed by atoms with van der Waals surface area (Å²) in [5.74, 6) is 0.911. The van der Waals surface area contributed by atoms with Crippen molar-refractivity contribution in [1.82, 2.24) is 4.90 Å². The van der Waals surface area contributed by atoms with Crippen LogP contribution in [0.4, 0.5) is 0 Å². The molecule has 1 unspecified atom stereocenters. The number of rotatable bonds is 6. The van der Waals surface area contributed by atoms with Gasteiger partial charge in [0, 0.05) is 11.6 Å². The molecule has 0 radical (unpaired) electrons. The molecule has 1 rings (SSSR count). The Balaban J connectivity index is 2.74. The van der Waals surface area contributed by atoms with E-state index in [-0.39, 0.29) is 12.1 Å². The second kappa shape index (κ2) is 6.62. The Kier molecular flexibility index (Phi) is 5.45. The van der Waals surface area contributed by atoms with E-state index >= 15 is 0 Å². The van der Waals surface area contributed by atoms with Crippen molar-refractivity contribution in [3.8, 4) is 5.75 Å². The van der Waals surface area contributed by atoms with Gasteiger partial charge in [-0.05, 0) is 47.0 Å². The minimum absolute atomic E-state index is 0.0346.